The molecule has 0 aliphatic rings. The number of hydrogen-bond donors (Lipinski definition) is 0. The Labute approximate surface area is 94.3 Å². The molecular formula is C11H14N2O3. The lowest BCUT2D eigenvalue weighted by Gasteiger charge is -2.05. The van der Waals surface area contributed by atoms with Crippen LogP contribution in [0.2, 0.25) is 0 Å². The molecule has 0 bridgehead atoms. The van der Waals surface area contributed by atoms with Gasteiger partial charge in [0.2, 0.25) is 0 Å². The van der Waals surface area contributed by atoms with Gasteiger partial charge in [-0.05, 0) is 29.8 Å². The molecule has 0 fully saturated rings. The van der Waals surface area contributed by atoms with E-state index in [1.165, 1.54) is 11.1 Å². The SMILES string of the molecule is COc1ccc(/C=N/OC(=O)N(C)C)cc1. The summed E-state index contributed by atoms with van der Waals surface area (Å²) in [7, 11) is 4.78. The Balaban J connectivity index is 2.53. The van der Waals surface area contributed by atoms with E-state index >= 15 is 0 Å². The molecule has 0 N–H and O–H groups in total. The van der Waals surface area contributed by atoms with Gasteiger partial charge in [0.1, 0.15) is 5.75 Å². The number of methoxy groups -OCH3 is 1. The molecule has 16 heavy (non-hydrogen) atoms. The van der Waals surface area contributed by atoms with Crippen LogP contribution in [0.25, 0.3) is 0 Å². The Kier molecular flexibility index (Phi) is 4.32. The van der Waals surface area contributed by atoms with Gasteiger partial charge < -0.3 is 9.64 Å². The highest BCUT2D eigenvalue weighted by molar-refractivity contribution is 5.80. The fraction of sp³-hybridized carbons (Fsp3) is 0.273. The Bertz CT molecular complexity index is 371. The summed E-state index contributed by atoms with van der Waals surface area (Å²) < 4.78 is 5.01. The first-order valence-corrected chi connectivity index (χ1v) is 4.69. The van der Waals surface area contributed by atoms with Crippen LogP contribution in [0.1, 0.15) is 5.56 Å². The average Bonchev–Trinajstić information content (AvgIpc) is 2.29. The van der Waals surface area contributed by atoms with Crippen molar-refractivity contribution in [1.82, 2.24) is 4.90 Å². The lowest BCUT2D eigenvalue weighted by Crippen LogP contribution is -2.20. The normalized spacial score (nSPS) is 10.2. The third-order valence-electron chi connectivity index (χ3n) is 1.81. The number of carbonyl (C=O) groups is 1. The van der Waals surface area contributed by atoms with E-state index in [4.69, 9.17) is 4.74 Å². The molecule has 1 rings (SSSR count). The van der Waals surface area contributed by atoms with Crippen LogP contribution < -0.4 is 4.74 Å². The highest BCUT2D eigenvalue weighted by Gasteiger charge is 2.02. The van der Waals surface area contributed by atoms with Crippen LogP contribution in [0, 0.1) is 0 Å². The van der Waals surface area contributed by atoms with Crippen LogP contribution in [0.3, 0.4) is 0 Å². The van der Waals surface area contributed by atoms with E-state index < -0.39 is 6.09 Å². The van der Waals surface area contributed by atoms with Gasteiger partial charge in [-0.1, -0.05) is 5.16 Å². The molecule has 0 aliphatic heterocycles. The van der Waals surface area contributed by atoms with E-state index in [2.05, 4.69) is 9.99 Å². The monoisotopic (exact) mass is 222 g/mol. The number of oxime groups is 1. The summed E-state index contributed by atoms with van der Waals surface area (Å²) in [5, 5.41) is 3.56. The van der Waals surface area contributed by atoms with Crippen LogP contribution in [-0.4, -0.2) is 38.4 Å². The number of carbonyl (C=O) groups excluding carboxylic acids is 1. The molecule has 0 unspecified atom stereocenters. The summed E-state index contributed by atoms with van der Waals surface area (Å²) in [6, 6.07) is 7.22. The summed E-state index contributed by atoms with van der Waals surface area (Å²) in [6.07, 6.45) is 0.950. The topological polar surface area (TPSA) is 51.1 Å². The Morgan fingerprint density at radius 2 is 1.94 bits per heavy atom. The van der Waals surface area contributed by atoms with Crippen molar-refractivity contribution in [3.63, 3.8) is 0 Å². The summed E-state index contributed by atoms with van der Waals surface area (Å²) in [4.78, 5) is 16.9. The first-order chi connectivity index (χ1) is 7.63. The largest absolute Gasteiger partial charge is 0.497 e. The smallest absolute Gasteiger partial charge is 0.435 e. The number of benzene rings is 1. The molecule has 0 spiro atoms. The lowest BCUT2D eigenvalue weighted by atomic mass is 10.2. The Morgan fingerprint density at radius 1 is 1.31 bits per heavy atom. The fourth-order valence-corrected chi connectivity index (χ4v) is 0.904. The molecule has 0 radical (unpaired) electrons. The molecule has 86 valence electrons. The third-order valence-corrected chi connectivity index (χ3v) is 1.81. The standard InChI is InChI=1S/C11H14N2O3/c1-13(2)11(14)16-12-8-9-4-6-10(15-3)7-5-9/h4-8H,1-3H3/b12-8+. The van der Waals surface area contributed by atoms with Gasteiger partial charge in [-0.2, -0.15) is 0 Å². The van der Waals surface area contributed by atoms with Gasteiger partial charge in [-0.25, -0.2) is 4.79 Å². The molecule has 1 amide bonds. The van der Waals surface area contributed by atoms with Crippen LogP contribution in [0.5, 0.6) is 5.75 Å². The van der Waals surface area contributed by atoms with Gasteiger partial charge in [0, 0.05) is 14.1 Å². The van der Waals surface area contributed by atoms with Crippen LogP contribution >= 0.6 is 0 Å². The molecule has 1 aromatic carbocycles. The molecule has 1 aromatic rings. The molecule has 5 heteroatoms. The predicted octanol–water partition coefficient (Wildman–Crippen LogP) is 1.73. The first kappa shape index (κ1) is 12.0. The average molecular weight is 222 g/mol. The molecule has 0 aromatic heterocycles. The second kappa shape index (κ2) is 5.75. The van der Waals surface area contributed by atoms with Gasteiger partial charge in [0.25, 0.3) is 0 Å². The van der Waals surface area contributed by atoms with Crippen molar-refractivity contribution in [2.45, 2.75) is 0 Å². The van der Waals surface area contributed by atoms with E-state index in [1.54, 1.807) is 33.3 Å². The van der Waals surface area contributed by atoms with Crippen molar-refractivity contribution in [2.24, 2.45) is 5.16 Å². The van der Waals surface area contributed by atoms with Crippen LogP contribution in [-0.2, 0) is 4.84 Å². The van der Waals surface area contributed by atoms with Crippen LogP contribution in [0.4, 0.5) is 4.79 Å². The highest BCUT2D eigenvalue weighted by Crippen LogP contribution is 2.09. The van der Waals surface area contributed by atoms with Gasteiger partial charge >= 0.3 is 6.09 Å². The van der Waals surface area contributed by atoms with Gasteiger partial charge in [-0.15, -0.1) is 0 Å². The first-order valence-electron chi connectivity index (χ1n) is 4.69. The number of ether oxygens (including phenoxy) is 1. The maximum Gasteiger partial charge on any atom is 0.435 e. The predicted molar refractivity (Wildman–Crippen MR) is 60.8 cm³/mol. The zero-order chi connectivity index (χ0) is 12.0. The van der Waals surface area contributed by atoms with Crippen molar-refractivity contribution in [3.8, 4) is 5.75 Å². The second-order valence-corrected chi connectivity index (χ2v) is 3.26. The number of hydrogen-bond acceptors (Lipinski definition) is 4. The molecule has 0 atom stereocenters. The van der Waals surface area contributed by atoms with Crippen molar-refractivity contribution in [1.29, 1.82) is 0 Å². The number of amides is 1. The lowest BCUT2D eigenvalue weighted by molar-refractivity contribution is 0.123. The number of rotatable bonds is 3. The Morgan fingerprint density at radius 3 is 2.44 bits per heavy atom. The van der Waals surface area contributed by atoms with Crippen molar-refractivity contribution in [3.05, 3.63) is 29.8 Å². The fourth-order valence-electron chi connectivity index (χ4n) is 0.904. The minimum atomic E-state index is -0.509. The van der Waals surface area contributed by atoms with E-state index in [9.17, 15) is 4.79 Å². The zero-order valence-corrected chi connectivity index (χ0v) is 9.51. The zero-order valence-electron chi connectivity index (χ0n) is 9.51. The molecule has 5 nitrogen and oxygen atoms in total. The third kappa shape index (κ3) is 3.61. The van der Waals surface area contributed by atoms with Crippen molar-refractivity contribution in [2.75, 3.05) is 21.2 Å². The van der Waals surface area contributed by atoms with E-state index in [0.29, 0.717) is 0 Å². The second-order valence-electron chi connectivity index (χ2n) is 3.26. The van der Waals surface area contributed by atoms with Crippen LogP contribution in [0.15, 0.2) is 29.4 Å². The Hall–Kier alpha value is -2.04. The van der Waals surface area contributed by atoms with E-state index in [0.717, 1.165) is 11.3 Å². The summed E-state index contributed by atoms with van der Waals surface area (Å²) in [6.45, 7) is 0. The van der Waals surface area contributed by atoms with Crippen molar-refractivity contribution >= 4 is 12.3 Å². The summed E-state index contributed by atoms with van der Waals surface area (Å²) in [5.41, 5.74) is 0.826. The highest BCUT2D eigenvalue weighted by atomic mass is 16.7. The molecular weight excluding hydrogens is 208 g/mol. The molecule has 0 saturated carbocycles. The molecule has 0 saturated heterocycles. The van der Waals surface area contributed by atoms with Gasteiger partial charge in [-0.3, -0.25) is 4.84 Å². The maximum atomic E-state index is 11.0. The van der Waals surface area contributed by atoms with E-state index in [-0.39, 0.29) is 0 Å². The minimum absolute atomic E-state index is 0.509. The molecule has 0 heterocycles. The van der Waals surface area contributed by atoms with E-state index in [1.807, 2.05) is 12.1 Å². The van der Waals surface area contributed by atoms with Crippen molar-refractivity contribution < 1.29 is 14.4 Å². The quantitative estimate of drug-likeness (QED) is 0.444. The van der Waals surface area contributed by atoms with Gasteiger partial charge in [0.05, 0.1) is 13.3 Å². The molecule has 0 aliphatic carbocycles. The maximum absolute atomic E-state index is 11.0. The number of nitrogens with zero attached hydrogens (tertiary/aromatic N) is 2. The van der Waals surface area contributed by atoms with Gasteiger partial charge in [0.15, 0.2) is 0 Å². The summed E-state index contributed by atoms with van der Waals surface area (Å²) in [5.74, 6) is 0.766. The summed E-state index contributed by atoms with van der Waals surface area (Å²) >= 11 is 0. The minimum Gasteiger partial charge on any atom is -0.497 e.